The third-order valence-corrected chi connectivity index (χ3v) is 6.27. The van der Waals surface area contributed by atoms with Crippen LogP contribution < -0.4 is 19.1 Å². The number of benzene rings is 4. The fourth-order valence-corrected chi connectivity index (χ4v) is 4.25. The Morgan fingerprint density at radius 2 is 1.28 bits per heavy atom. The Morgan fingerprint density at radius 3 is 1.91 bits per heavy atom. The molecule has 1 N–H and O–H groups in total. The molecule has 0 spiro atoms. The summed E-state index contributed by atoms with van der Waals surface area (Å²) in [6.45, 7) is -0.548. The van der Waals surface area contributed by atoms with E-state index in [1.807, 2.05) is 0 Å². The van der Waals surface area contributed by atoms with Crippen molar-refractivity contribution in [1.82, 2.24) is 0 Å². The van der Waals surface area contributed by atoms with Crippen LogP contribution >= 0.6 is 0 Å². The zero-order valence-electron chi connectivity index (χ0n) is 23.2. The lowest BCUT2D eigenvalue weighted by Crippen LogP contribution is -2.33. The van der Waals surface area contributed by atoms with Crippen LogP contribution in [0.25, 0.3) is 0 Å². The van der Waals surface area contributed by atoms with Crippen LogP contribution in [-0.2, 0) is 12.7 Å². The molecule has 1 unspecified atom stereocenters. The molecular formula is C31H23F10NO4. The van der Waals surface area contributed by atoms with Crippen molar-refractivity contribution >= 4 is 5.69 Å². The number of hydrogen-bond acceptors (Lipinski definition) is 5. The number of nitrogens with zero attached hydrogens (tertiary/aromatic N) is 1. The van der Waals surface area contributed by atoms with E-state index in [0.717, 1.165) is 48.5 Å². The second kappa shape index (κ2) is 13.8. The van der Waals surface area contributed by atoms with Gasteiger partial charge in [-0.25, -0.2) is 0 Å². The third kappa shape index (κ3) is 9.42. The largest absolute Gasteiger partial charge is 0.573 e. The number of para-hydroxylation sites is 2. The van der Waals surface area contributed by atoms with Crippen LogP contribution in [0.3, 0.4) is 0 Å². The Kier molecular flexibility index (Phi) is 10.2. The number of hydrogen-bond donors (Lipinski definition) is 1. The minimum atomic E-state index is -4.97. The van der Waals surface area contributed by atoms with Crippen LogP contribution in [0.15, 0.2) is 97.1 Å². The van der Waals surface area contributed by atoms with E-state index in [1.165, 1.54) is 47.4 Å². The van der Waals surface area contributed by atoms with Gasteiger partial charge in [0.2, 0.25) is 0 Å². The first-order valence-electron chi connectivity index (χ1n) is 13.2. The lowest BCUT2D eigenvalue weighted by atomic mass is 10.1. The predicted molar refractivity (Wildman–Crippen MR) is 145 cm³/mol. The van der Waals surface area contributed by atoms with Gasteiger partial charge in [-0.15, -0.1) is 13.2 Å². The van der Waals surface area contributed by atoms with Gasteiger partial charge < -0.3 is 24.2 Å². The standard InChI is InChI=1S/C31H23F10NO4/c32-28(33)30(37,38)45-23-7-3-5-19(15-23)17-42(18-26(43)20-11-13-21(14-12-20)29(34,35)36)25-9-1-2-10-27(25)44-22-6-4-8-24(16-22)46-31(39,40)41/h1-16,26,28,43H,17-18H2. The lowest BCUT2D eigenvalue weighted by Gasteiger charge is -2.29. The highest BCUT2D eigenvalue weighted by atomic mass is 19.4. The van der Waals surface area contributed by atoms with Gasteiger partial charge in [-0.05, 0) is 59.7 Å². The Bertz CT molecular complexity index is 1590. The van der Waals surface area contributed by atoms with E-state index >= 15 is 0 Å². The van der Waals surface area contributed by atoms with E-state index < -0.39 is 48.2 Å². The number of aliphatic hydroxyl groups is 1. The average molecular weight is 664 g/mol. The van der Waals surface area contributed by atoms with Gasteiger partial charge in [-0.1, -0.05) is 42.5 Å². The van der Waals surface area contributed by atoms with Crippen molar-refractivity contribution in [2.24, 2.45) is 0 Å². The summed E-state index contributed by atoms with van der Waals surface area (Å²) in [6, 6.07) is 19.1. The van der Waals surface area contributed by atoms with Crippen LogP contribution in [0.5, 0.6) is 23.0 Å². The van der Waals surface area contributed by atoms with Gasteiger partial charge >= 0.3 is 25.1 Å². The molecule has 0 saturated carbocycles. The third-order valence-electron chi connectivity index (χ3n) is 6.27. The molecule has 0 bridgehead atoms. The number of anilines is 1. The van der Waals surface area contributed by atoms with Crippen LogP contribution in [0.4, 0.5) is 49.6 Å². The molecule has 0 fully saturated rings. The number of aliphatic hydroxyl groups excluding tert-OH is 1. The van der Waals surface area contributed by atoms with Crippen molar-refractivity contribution < 1.29 is 63.2 Å². The molecule has 0 aliphatic carbocycles. The molecule has 4 aromatic rings. The molecule has 1 atom stereocenters. The van der Waals surface area contributed by atoms with Crippen molar-refractivity contribution in [2.75, 3.05) is 11.4 Å². The summed E-state index contributed by atoms with van der Waals surface area (Å²) in [7, 11) is 0. The van der Waals surface area contributed by atoms with Gasteiger partial charge in [0.25, 0.3) is 0 Å². The molecular weight excluding hydrogens is 640 g/mol. The zero-order chi connectivity index (χ0) is 33.7. The summed E-state index contributed by atoms with van der Waals surface area (Å²) >= 11 is 0. The summed E-state index contributed by atoms with van der Waals surface area (Å²) < 4.78 is 144. The minimum absolute atomic E-state index is 0.0444. The monoisotopic (exact) mass is 663 g/mol. The number of alkyl halides is 10. The van der Waals surface area contributed by atoms with E-state index in [4.69, 9.17) is 4.74 Å². The molecule has 0 heterocycles. The molecule has 0 amide bonds. The highest BCUT2D eigenvalue weighted by molar-refractivity contribution is 5.60. The van der Waals surface area contributed by atoms with Gasteiger partial charge in [0, 0.05) is 19.2 Å². The van der Waals surface area contributed by atoms with E-state index in [0.29, 0.717) is 0 Å². The molecule has 246 valence electrons. The van der Waals surface area contributed by atoms with Crippen molar-refractivity contribution in [3.05, 3.63) is 114 Å². The number of halogens is 10. The zero-order valence-corrected chi connectivity index (χ0v) is 23.2. The molecule has 4 rings (SSSR count). The fraction of sp³-hybridized carbons (Fsp3) is 0.226. The van der Waals surface area contributed by atoms with Gasteiger partial charge in [-0.3, -0.25) is 0 Å². The molecule has 4 aromatic carbocycles. The molecule has 46 heavy (non-hydrogen) atoms. The van der Waals surface area contributed by atoms with Crippen molar-refractivity contribution in [1.29, 1.82) is 0 Å². The summed E-state index contributed by atoms with van der Waals surface area (Å²) in [5.74, 6) is -1.21. The summed E-state index contributed by atoms with van der Waals surface area (Å²) in [6.07, 6.45) is -19.9. The van der Waals surface area contributed by atoms with Gasteiger partial charge in [0.05, 0.1) is 17.4 Å². The van der Waals surface area contributed by atoms with Crippen LogP contribution in [-0.4, -0.2) is 30.5 Å². The lowest BCUT2D eigenvalue weighted by molar-refractivity contribution is -0.274. The van der Waals surface area contributed by atoms with E-state index in [9.17, 15) is 49.0 Å². The number of rotatable bonds is 12. The van der Waals surface area contributed by atoms with E-state index in [2.05, 4.69) is 9.47 Å². The second-order valence-electron chi connectivity index (χ2n) is 9.72. The molecule has 0 aliphatic rings. The SMILES string of the molecule is OC(CN(Cc1cccc(OC(F)(F)C(F)F)c1)c1ccccc1Oc1cccc(OC(F)(F)F)c1)c1ccc(C(F)(F)F)cc1. The molecule has 0 aromatic heterocycles. The van der Waals surface area contributed by atoms with Crippen LogP contribution in [0.1, 0.15) is 22.8 Å². The first kappa shape index (κ1) is 34.2. The van der Waals surface area contributed by atoms with Crippen LogP contribution in [0.2, 0.25) is 0 Å². The molecule has 0 saturated heterocycles. The van der Waals surface area contributed by atoms with Gasteiger partial charge in [0.15, 0.2) is 5.75 Å². The Labute approximate surface area is 255 Å². The first-order chi connectivity index (χ1) is 21.5. The summed E-state index contributed by atoms with van der Waals surface area (Å²) in [4.78, 5) is 1.44. The maximum Gasteiger partial charge on any atom is 0.573 e. The Hall–Kier alpha value is -4.66. The average Bonchev–Trinajstić information content (AvgIpc) is 2.96. The Balaban J connectivity index is 1.68. The highest BCUT2D eigenvalue weighted by Crippen LogP contribution is 2.37. The van der Waals surface area contributed by atoms with E-state index in [1.54, 1.807) is 6.07 Å². The normalized spacial score (nSPS) is 13.0. The van der Waals surface area contributed by atoms with Crippen LogP contribution in [0, 0.1) is 0 Å². The first-order valence-corrected chi connectivity index (χ1v) is 13.2. The van der Waals surface area contributed by atoms with Gasteiger partial charge in [0.1, 0.15) is 17.2 Å². The molecule has 0 aliphatic heterocycles. The smallest absolute Gasteiger partial charge is 0.455 e. The minimum Gasteiger partial charge on any atom is -0.455 e. The quantitative estimate of drug-likeness (QED) is 0.153. The highest BCUT2D eigenvalue weighted by Gasteiger charge is 2.44. The van der Waals surface area contributed by atoms with Crippen molar-refractivity contribution in [2.45, 2.75) is 37.7 Å². The topological polar surface area (TPSA) is 51.2 Å². The molecule has 5 nitrogen and oxygen atoms in total. The molecule has 0 radical (unpaired) electrons. The van der Waals surface area contributed by atoms with Crippen molar-refractivity contribution in [3.63, 3.8) is 0 Å². The maximum absolute atomic E-state index is 13.6. The molecule has 15 heteroatoms. The maximum atomic E-state index is 13.6. The van der Waals surface area contributed by atoms with E-state index in [-0.39, 0.29) is 41.4 Å². The van der Waals surface area contributed by atoms with Crippen molar-refractivity contribution in [3.8, 4) is 23.0 Å². The number of ether oxygens (including phenoxy) is 3. The van der Waals surface area contributed by atoms with Gasteiger partial charge in [-0.2, -0.15) is 30.7 Å². The second-order valence-corrected chi connectivity index (χ2v) is 9.72. The summed E-state index contributed by atoms with van der Waals surface area (Å²) in [5, 5.41) is 11.0. The summed E-state index contributed by atoms with van der Waals surface area (Å²) in [5.41, 5.74) is -0.437. The Morgan fingerprint density at radius 1 is 0.674 bits per heavy atom. The fourth-order valence-electron chi connectivity index (χ4n) is 4.25. The predicted octanol–water partition coefficient (Wildman–Crippen LogP) is 9.37.